The molecule has 8 heteroatoms. The summed E-state index contributed by atoms with van der Waals surface area (Å²) in [6.45, 7) is 9.63. The highest BCUT2D eigenvalue weighted by atomic mass is 32.1. The number of carbonyl (C=O) groups excluding carboxylic acids is 2. The first kappa shape index (κ1) is 24.1. The summed E-state index contributed by atoms with van der Waals surface area (Å²) < 4.78 is 4.55. The number of benzene rings is 1. The number of aromatic nitrogens is 1. The van der Waals surface area contributed by atoms with E-state index in [4.69, 9.17) is 9.82 Å². The second kappa shape index (κ2) is 10.8. The molecular weight excluding hydrogens is 426 g/mol. The van der Waals surface area contributed by atoms with Gasteiger partial charge in [-0.2, -0.15) is 0 Å². The molecule has 1 unspecified atom stereocenters. The zero-order chi connectivity index (χ0) is 23.1. The van der Waals surface area contributed by atoms with Crippen LogP contribution in [0.4, 0.5) is 0 Å². The van der Waals surface area contributed by atoms with Crippen molar-refractivity contribution in [2.45, 2.75) is 64.6 Å². The molecule has 172 valence electrons. The molecule has 1 fully saturated rings. The van der Waals surface area contributed by atoms with Crippen molar-refractivity contribution >= 4 is 29.3 Å². The second-order valence-corrected chi connectivity index (χ2v) is 9.79. The Kier molecular flexibility index (Phi) is 8.15. The minimum atomic E-state index is -0.318. The molecule has 1 atom stereocenters. The molecule has 2 aliphatic rings. The van der Waals surface area contributed by atoms with E-state index in [-0.39, 0.29) is 17.5 Å². The lowest BCUT2D eigenvalue weighted by atomic mass is 9.96. The summed E-state index contributed by atoms with van der Waals surface area (Å²) in [6, 6.07) is 7.60. The molecule has 0 bridgehead atoms. The van der Waals surface area contributed by atoms with E-state index in [0.717, 1.165) is 42.9 Å². The molecule has 0 aliphatic carbocycles. The molecule has 2 aromatic rings. The molecule has 1 aromatic carbocycles. The largest absolute Gasteiger partial charge is 0.462 e. The molecule has 1 saturated heterocycles. The number of Topliss-reactive ketones (excluding diaryl/α,β-unsaturated/α-hetero) is 1. The van der Waals surface area contributed by atoms with Crippen LogP contribution < -0.4 is 5.32 Å². The van der Waals surface area contributed by atoms with Gasteiger partial charge >= 0.3 is 0 Å². The highest BCUT2D eigenvalue weighted by Gasteiger charge is 2.28. The lowest BCUT2D eigenvalue weighted by Crippen LogP contribution is -2.26. The van der Waals surface area contributed by atoms with Gasteiger partial charge in [0.05, 0.1) is 10.7 Å². The summed E-state index contributed by atoms with van der Waals surface area (Å²) in [5.41, 5.74) is 3.09. The van der Waals surface area contributed by atoms with Crippen molar-refractivity contribution in [3.05, 3.63) is 51.5 Å². The molecule has 1 N–H and O–H groups in total. The van der Waals surface area contributed by atoms with Crippen molar-refractivity contribution in [1.29, 1.82) is 0 Å². The number of rotatable bonds is 5. The molecule has 3 heterocycles. The van der Waals surface area contributed by atoms with Gasteiger partial charge in [0.15, 0.2) is 11.9 Å². The van der Waals surface area contributed by atoms with Crippen LogP contribution in [0.15, 0.2) is 34.8 Å². The summed E-state index contributed by atoms with van der Waals surface area (Å²) in [4.78, 5) is 31.9. The molecule has 32 heavy (non-hydrogen) atoms. The summed E-state index contributed by atoms with van der Waals surface area (Å²) in [7, 11) is 0. The van der Waals surface area contributed by atoms with Gasteiger partial charge in [-0.3, -0.25) is 9.59 Å². The second-order valence-electron chi connectivity index (χ2n) is 8.90. The predicted octanol–water partition coefficient (Wildman–Crippen LogP) is 4.64. The zero-order valence-electron chi connectivity index (χ0n) is 19.1. The Morgan fingerprint density at radius 2 is 1.97 bits per heavy atom. The van der Waals surface area contributed by atoms with Gasteiger partial charge in [0.1, 0.15) is 11.3 Å². The van der Waals surface area contributed by atoms with Crippen LogP contribution in [0.1, 0.15) is 85.6 Å². The van der Waals surface area contributed by atoms with Crippen LogP contribution >= 0.6 is 11.3 Å². The van der Waals surface area contributed by atoms with Gasteiger partial charge in [0.2, 0.25) is 0 Å². The first-order chi connectivity index (χ1) is 15.3. The van der Waals surface area contributed by atoms with Crippen molar-refractivity contribution in [1.82, 2.24) is 10.3 Å². The fourth-order valence-electron chi connectivity index (χ4n) is 3.61. The molecule has 4 rings (SSSR count). The minimum absolute atomic E-state index is 0.0505. The molecule has 1 aromatic heterocycles. The third-order valence-electron chi connectivity index (χ3n) is 5.26. The van der Waals surface area contributed by atoms with Gasteiger partial charge in [-0.25, -0.2) is 4.98 Å². The summed E-state index contributed by atoms with van der Waals surface area (Å²) >= 11 is 1.72. The number of hydrogen-bond acceptors (Lipinski definition) is 8. The van der Waals surface area contributed by atoms with Crippen LogP contribution in [0.25, 0.3) is 0 Å². The Balaban J connectivity index is 0.000000360. The van der Waals surface area contributed by atoms with Gasteiger partial charge < -0.3 is 14.9 Å². The fourth-order valence-corrected chi connectivity index (χ4v) is 4.62. The highest BCUT2D eigenvalue weighted by Crippen LogP contribution is 2.34. The fraction of sp³-hybridized carbons (Fsp3) is 0.500. The van der Waals surface area contributed by atoms with Crippen LogP contribution in [-0.4, -0.2) is 41.6 Å². The molecule has 7 nitrogen and oxygen atoms in total. The molecule has 0 radical (unpaired) electrons. The Morgan fingerprint density at radius 3 is 2.59 bits per heavy atom. The zero-order valence-corrected chi connectivity index (χ0v) is 19.9. The number of carbonyl (C=O) groups is 2. The van der Waals surface area contributed by atoms with Crippen molar-refractivity contribution in [3.8, 4) is 0 Å². The number of piperidine rings is 1. The number of hydrogen-bond donors (Lipinski definition) is 1. The number of oxime groups is 1. The number of ether oxygens (including phenoxy) is 1. The van der Waals surface area contributed by atoms with E-state index in [1.54, 1.807) is 18.3 Å². The van der Waals surface area contributed by atoms with Crippen LogP contribution in [0, 0.1) is 0 Å². The Hall–Kier alpha value is -2.58. The van der Waals surface area contributed by atoms with Crippen LogP contribution in [0.5, 0.6) is 0 Å². The van der Waals surface area contributed by atoms with Crippen LogP contribution in [0.3, 0.4) is 0 Å². The van der Waals surface area contributed by atoms with E-state index in [1.807, 2.05) is 45.0 Å². The SMILES string of the molecule is CC(=O)c1ccccc1C1CC(c2csc(C3CCNCC3)n2)=NO1.CC(C)(C)OC=O. The molecule has 0 spiro atoms. The maximum Gasteiger partial charge on any atom is 0.293 e. The third kappa shape index (κ3) is 6.46. The quantitative estimate of drug-likeness (QED) is 0.520. The molecular formula is C24H31N3O4S. The Labute approximate surface area is 193 Å². The molecule has 0 saturated carbocycles. The monoisotopic (exact) mass is 457 g/mol. The Bertz CT molecular complexity index is 958. The van der Waals surface area contributed by atoms with E-state index in [9.17, 15) is 9.59 Å². The van der Waals surface area contributed by atoms with Crippen LogP contribution in [0.2, 0.25) is 0 Å². The van der Waals surface area contributed by atoms with Crippen molar-refractivity contribution in [3.63, 3.8) is 0 Å². The third-order valence-corrected chi connectivity index (χ3v) is 6.27. The maximum atomic E-state index is 11.8. The number of ketones is 1. The van der Waals surface area contributed by atoms with Gasteiger partial charge in [0, 0.05) is 28.8 Å². The standard InChI is InChI=1S/C19H21N3O2S.C5H10O2/c1-12(23)14-4-2-3-5-15(14)18-10-16(22-24-18)17-11-25-19(21-17)13-6-8-20-9-7-13;1-5(2,3)7-4-6/h2-5,11,13,18,20H,6-10H2,1H3;4H,1-3H3. The normalized spacial score (nSPS) is 18.8. The van der Waals surface area contributed by atoms with Gasteiger partial charge in [0.25, 0.3) is 6.47 Å². The topological polar surface area (TPSA) is 89.9 Å². The van der Waals surface area contributed by atoms with E-state index in [2.05, 4.69) is 20.6 Å². The average Bonchev–Trinajstić information content (AvgIpc) is 3.44. The van der Waals surface area contributed by atoms with Gasteiger partial charge in [-0.15, -0.1) is 11.3 Å². The number of nitrogens with zero attached hydrogens (tertiary/aromatic N) is 2. The Morgan fingerprint density at radius 1 is 1.25 bits per heavy atom. The summed E-state index contributed by atoms with van der Waals surface area (Å²) in [5, 5.41) is 10.9. The first-order valence-electron chi connectivity index (χ1n) is 10.9. The van der Waals surface area contributed by atoms with E-state index in [1.165, 1.54) is 5.01 Å². The lowest BCUT2D eigenvalue weighted by molar-refractivity contribution is -0.138. The first-order valence-corrected chi connectivity index (χ1v) is 11.8. The summed E-state index contributed by atoms with van der Waals surface area (Å²) in [5.74, 6) is 0.603. The molecule has 2 aliphatic heterocycles. The van der Waals surface area contributed by atoms with E-state index < -0.39 is 0 Å². The van der Waals surface area contributed by atoms with Gasteiger partial charge in [-0.05, 0) is 53.6 Å². The minimum Gasteiger partial charge on any atom is -0.462 e. The number of nitrogens with one attached hydrogen (secondary N) is 1. The van der Waals surface area contributed by atoms with Crippen LogP contribution in [-0.2, 0) is 14.4 Å². The number of thiazole rings is 1. The van der Waals surface area contributed by atoms with Gasteiger partial charge in [-0.1, -0.05) is 29.4 Å². The van der Waals surface area contributed by atoms with Crippen molar-refractivity contribution in [2.75, 3.05) is 13.1 Å². The molecule has 0 amide bonds. The van der Waals surface area contributed by atoms with Crippen molar-refractivity contribution < 1.29 is 19.2 Å². The average molecular weight is 458 g/mol. The van der Waals surface area contributed by atoms with E-state index >= 15 is 0 Å². The van der Waals surface area contributed by atoms with Crippen molar-refractivity contribution in [2.24, 2.45) is 5.16 Å². The maximum absolute atomic E-state index is 11.8. The lowest BCUT2D eigenvalue weighted by Gasteiger charge is -2.20. The smallest absolute Gasteiger partial charge is 0.293 e. The predicted molar refractivity (Wildman–Crippen MR) is 125 cm³/mol. The highest BCUT2D eigenvalue weighted by molar-refractivity contribution is 7.10. The summed E-state index contributed by atoms with van der Waals surface area (Å²) in [6.07, 6.45) is 2.73. The van der Waals surface area contributed by atoms with E-state index in [0.29, 0.717) is 24.4 Å².